The van der Waals surface area contributed by atoms with Crippen molar-refractivity contribution in [2.75, 3.05) is 11.9 Å². The van der Waals surface area contributed by atoms with E-state index in [4.69, 9.17) is 39.5 Å². The molecule has 0 aliphatic carbocycles. The largest absolute Gasteiger partial charge is 0.376 e. The van der Waals surface area contributed by atoms with Crippen LogP contribution in [0.4, 0.5) is 5.82 Å². The highest BCUT2D eigenvalue weighted by atomic mass is 35.5. The van der Waals surface area contributed by atoms with Crippen molar-refractivity contribution in [1.29, 1.82) is 0 Å². The van der Waals surface area contributed by atoms with Crippen molar-refractivity contribution in [3.8, 4) is 0 Å². The van der Waals surface area contributed by atoms with Crippen LogP contribution in [0.5, 0.6) is 0 Å². The van der Waals surface area contributed by atoms with Gasteiger partial charge in [-0.1, -0.05) is 34.8 Å². The van der Waals surface area contributed by atoms with E-state index >= 15 is 0 Å². The molecule has 0 spiro atoms. The molecule has 0 bridgehead atoms. The van der Waals surface area contributed by atoms with Crippen molar-refractivity contribution in [3.05, 3.63) is 21.3 Å². The molecular weight excluding hydrogens is 282 g/mol. The van der Waals surface area contributed by atoms with Crippen LogP contribution in [-0.2, 0) is 4.74 Å². The van der Waals surface area contributed by atoms with Crippen LogP contribution in [0.1, 0.15) is 19.8 Å². The van der Waals surface area contributed by atoms with Crippen molar-refractivity contribution < 1.29 is 4.74 Å². The standard InChI is InChI=1S/C11H13Cl3N2O/c1-6(9-3-2-4-17-9)15-11-8(13)5-7(12)10(14)16-11/h5-6,9H,2-4H2,1H3,(H,15,16). The smallest absolute Gasteiger partial charge is 0.150 e. The topological polar surface area (TPSA) is 34.2 Å². The molecule has 1 aromatic rings. The summed E-state index contributed by atoms with van der Waals surface area (Å²) < 4.78 is 5.59. The maximum atomic E-state index is 6.04. The van der Waals surface area contributed by atoms with Gasteiger partial charge in [-0.2, -0.15) is 0 Å². The molecule has 0 saturated carbocycles. The van der Waals surface area contributed by atoms with E-state index in [1.165, 1.54) is 0 Å². The summed E-state index contributed by atoms with van der Waals surface area (Å²) in [5, 5.41) is 4.27. The number of halogens is 3. The van der Waals surface area contributed by atoms with Crippen LogP contribution < -0.4 is 5.32 Å². The average Bonchev–Trinajstić information content (AvgIpc) is 2.79. The second-order valence-corrected chi connectivity index (χ2v) is 5.25. The number of nitrogens with one attached hydrogen (secondary N) is 1. The minimum Gasteiger partial charge on any atom is -0.376 e. The van der Waals surface area contributed by atoms with E-state index in [0.29, 0.717) is 15.9 Å². The number of hydrogen-bond donors (Lipinski definition) is 1. The van der Waals surface area contributed by atoms with Gasteiger partial charge >= 0.3 is 0 Å². The number of rotatable bonds is 3. The van der Waals surface area contributed by atoms with Crippen molar-refractivity contribution in [3.63, 3.8) is 0 Å². The summed E-state index contributed by atoms with van der Waals surface area (Å²) in [6, 6.07) is 1.72. The molecule has 2 heterocycles. The molecule has 1 saturated heterocycles. The van der Waals surface area contributed by atoms with Crippen LogP contribution >= 0.6 is 34.8 Å². The molecule has 1 aromatic heterocycles. The van der Waals surface area contributed by atoms with Gasteiger partial charge in [0.2, 0.25) is 0 Å². The van der Waals surface area contributed by atoms with Gasteiger partial charge in [0.15, 0.2) is 0 Å². The van der Waals surface area contributed by atoms with Crippen LogP contribution in [0.15, 0.2) is 6.07 Å². The summed E-state index contributed by atoms with van der Waals surface area (Å²) in [4.78, 5) is 4.12. The molecular formula is C11H13Cl3N2O. The molecule has 1 aliphatic heterocycles. The number of pyridine rings is 1. The molecule has 1 aliphatic rings. The Morgan fingerprint density at radius 1 is 1.41 bits per heavy atom. The Hall–Kier alpha value is -0.220. The second kappa shape index (κ2) is 5.61. The first-order valence-corrected chi connectivity index (χ1v) is 6.61. The van der Waals surface area contributed by atoms with E-state index in [2.05, 4.69) is 10.3 Å². The Balaban J connectivity index is 2.09. The second-order valence-electron chi connectivity index (χ2n) is 4.08. The lowest BCUT2D eigenvalue weighted by molar-refractivity contribution is 0.0995. The summed E-state index contributed by atoms with van der Waals surface area (Å²) in [7, 11) is 0. The Bertz CT molecular complexity index is 408. The first kappa shape index (κ1) is 13.2. The van der Waals surface area contributed by atoms with E-state index in [1.54, 1.807) is 6.07 Å². The van der Waals surface area contributed by atoms with Gasteiger partial charge in [0.25, 0.3) is 0 Å². The number of ether oxygens (including phenoxy) is 1. The predicted molar refractivity (Wildman–Crippen MR) is 71.3 cm³/mol. The van der Waals surface area contributed by atoms with Crippen LogP contribution in [0, 0.1) is 0 Å². The van der Waals surface area contributed by atoms with Crippen LogP contribution in [0.2, 0.25) is 15.2 Å². The van der Waals surface area contributed by atoms with Crippen LogP contribution in [-0.4, -0.2) is 23.7 Å². The summed E-state index contributed by atoms with van der Waals surface area (Å²) in [5.74, 6) is 0.545. The normalized spacial score (nSPS) is 21.5. The molecule has 1 fully saturated rings. The third kappa shape index (κ3) is 3.16. The molecule has 0 aromatic carbocycles. The van der Waals surface area contributed by atoms with E-state index in [0.717, 1.165) is 19.4 Å². The van der Waals surface area contributed by atoms with Crippen molar-refractivity contribution in [2.45, 2.75) is 31.9 Å². The van der Waals surface area contributed by atoms with Crippen molar-refractivity contribution >= 4 is 40.6 Å². The first-order valence-electron chi connectivity index (χ1n) is 5.47. The average molecular weight is 296 g/mol. The lowest BCUT2D eigenvalue weighted by atomic mass is 10.1. The fourth-order valence-electron chi connectivity index (χ4n) is 1.85. The Kier molecular flexibility index (Phi) is 4.36. The molecule has 0 amide bonds. The quantitative estimate of drug-likeness (QED) is 0.855. The highest BCUT2D eigenvalue weighted by molar-refractivity contribution is 6.42. The van der Waals surface area contributed by atoms with E-state index in [1.807, 2.05) is 6.92 Å². The predicted octanol–water partition coefficient (Wildman–Crippen LogP) is 4.02. The van der Waals surface area contributed by atoms with Crippen LogP contribution in [0.25, 0.3) is 0 Å². The van der Waals surface area contributed by atoms with Gasteiger partial charge in [0, 0.05) is 6.61 Å². The van der Waals surface area contributed by atoms with E-state index < -0.39 is 0 Å². The monoisotopic (exact) mass is 294 g/mol. The van der Waals surface area contributed by atoms with E-state index in [9.17, 15) is 0 Å². The number of aromatic nitrogens is 1. The maximum absolute atomic E-state index is 6.04. The molecule has 3 nitrogen and oxygen atoms in total. The SMILES string of the molecule is CC(Nc1nc(Cl)c(Cl)cc1Cl)C1CCCO1. The number of nitrogens with zero attached hydrogens (tertiary/aromatic N) is 1. The fourth-order valence-corrected chi connectivity index (χ4v) is 2.40. The number of hydrogen-bond acceptors (Lipinski definition) is 3. The van der Waals surface area contributed by atoms with Crippen molar-refractivity contribution in [1.82, 2.24) is 4.98 Å². The molecule has 1 N–H and O–H groups in total. The van der Waals surface area contributed by atoms with E-state index in [-0.39, 0.29) is 17.3 Å². The third-order valence-electron chi connectivity index (χ3n) is 2.77. The van der Waals surface area contributed by atoms with Gasteiger partial charge in [-0.05, 0) is 25.8 Å². The van der Waals surface area contributed by atoms with Gasteiger partial charge in [-0.25, -0.2) is 4.98 Å². The first-order chi connectivity index (χ1) is 8.08. The minimum absolute atomic E-state index is 0.139. The summed E-state index contributed by atoms with van der Waals surface area (Å²) in [6.07, 6.45) is 2.34. The lowest BCUT2D eigenvalue weighted by Gasteiger charge is -2.21. The highest BCUT2D eigenvalue weighted by Gasteiger charge is 2.23. The Morgan fingerprint density at radius 2 is 2.18 bits per heavy atom. The molecule has 2 atom stereocenters. The number of anilines is 1. The minimum atomic E-state index is 0.139. The lowest BCUT2D eigenvalue weighted by Crippen LogP contribution is -2.30. The van der Waals surface area contributed by atoms with Gasteiger partial charge in [-0.15, -0.1) is 0 Å². The maximum Gasteiger partial charge on any atom is 0.150 e. The summed E-state index contributed by atoms with van der Waals surface area (Å²) >= 11 is 17.7. The molecule has 17 heavy (non-hydrogen) atoms. The molecule has 6 heteroatoms. The molecule has 94 valence electrons. The zero-order chi connectivity index (χ0) is 12.4. The molecule has 2 unspecified atom stereocenters. The van der Waals surface area contributed by atoms with Gasteiger partial charge < -0.3 is 10.1 Å². The van der Waals surface area contributed by atoms with Crippen LogP contribution in [0.3, 0.4) is 0 Å². The van der Waals surface area contributed by atoms with Crippen molar-refractivity contribution in [2.24, 2.45) is 0 Å². The molecule has 2 rings (SSSR count). The zero-order valence-electron chi connectivity index (χ0n) is 9.34. The summed E-state index contributed by atoms with van der Waals surface area (Å²) in [6.45, 7) is 2.86. The van der Waals surface area contributed by atoms with Gasteiger partial charge in [-0.3, -0.25) is 0 Å². The third-order valence-corrected chi connectivity index (χ3v) is 3.73. The highest BCUT2D eigenvalue weighted by Crippen LogP contribution is 2.30. The van der Waals surface area contributed by atoms with Gasteiger partial charge in [0.1, 0.15) is 11.0 Å². The Labute approximate surface area is 115 Å². The Morgan fingerprint density at radius 3 is 2.82 bits per heavy atom. The zero-order valence-corrected chi connectivity index (χ0v) is 11.6. The molecule has 0 radical (unpaired) electrons. The van der Waals surface area contributed by atoms with Gasteiger partial charge in [0.05, 0.1) is 22.2 Å². The fraction of sp³-hybridized carbons (Fsp3) is 0.545. The summed E-state index contributed by atoms with van der Waals surface area (Å²) in [5.41, 5.74) is 0.